The molecule has 120 valence electrons. The molecule has 0 saturated carbocycles. The Hall–Kier alpha value is -2.25. The number of likely N-dealkylation sites (tertiary alicyclic amines) is 1. The number of para-hydroxylation sites is 1. The first-order chi connectivity index (χ1) is 10.2. The molecule has 1 aliphatic heterocycles. The molecular weight excluding hydrogens is 303 g/mol. The summed E-state index contributed by atoms with van der Waals surface area (Å²) in [5.74, 6) is -3.28. The van der Waals surface area contributed by atoms with Crippen LogP contribution < -0.4 is 4.74 Å². The van der Waals surface area contributed by atoms with Gasteiger partial charge in [0.1, 0.15) is 5.75 Å². The van der Waals surface area contributed by atoms with Crippen LogP contribution in [0.3, 0.4) is 0 Å². The quantitative estimate of drug-likeness (QED) is 0.929. The Labute approximate surface area is 124 Å². The van der Waals surface area contributed by atoms with E-state index in [0.29, 0.717) is 0 Å². The third-order valence-corrected chi connectivity index (χ3v) is 3.56. The maximum Gasteiger partial charge on any atom is 0.573 e. The van der Waals surface area contributed by atoms with Gasteiger partial charge in [-0.05, 0) is 18.1 Å². The van der Waals surface area contributed by atoms with Gasteiger partial charge in [0.2, 0.25) is 0 Å². The van der Waals surface area contributed by atoms with Gasteiger partial charge in [-0.3, -0.25) is 9.59 Å². The second-order valence-electron chi connectivity index (χ2n) is 5.18. The van der Waals surface area contributed by atoms with Gasteiger partial charge < -0.3 is 14.7 Å². The number of amides is 1. The largest absolute Gasteiger partial charge is 0.573 e. The summed E-state index contributed by atoms with van der Waals surface area (Å²) < 4.78 is 41.0. The van der Waals surface area contributed by atoms with E-state index in [1.54, 1.807) is 6.92 Å². The van der Waals surface area contributed by atoms with Crippen LogP contribution in [0.25, 0.3) is 0 Å². The number of aliphatic carboxylic acids is 1. The zero-order valence-corrected chi connectivity index (χ0v) is 11.6. The highest BCUT2D eigenvalue weighted by molar-refractivity contribution is 5.97. The third-order valence-electron chi connectivity index (χ3n) is 3.56. The van der Waals surface area contributed by atoms with Gasteiger partial charge >= 0.3 is 12.3 Å². The van der Waals surface area contributed by atoms with Crippen LogP contribution in [-0.2, 0) is 4.79 Å². The van der Waals surface area contributed by atoms with E-state index >= 15 is 0 Å². The number of benzene rings is 1. The number of hydrogen-bond donors (Lipinski definition) is 1. The topological polar surface area (TPSA) is 66.8 Å². The molecule has 1 aliphatic rings. The Morgan fingerprint density at radius 1 is 1.27 bits per heavy atom. The molecule has 0 spiro atoms. The SMILES string of the molecule is C[C@@H]1CN(C(=O)c2ccccc2OC(F)(F)F)C[C@H]1C(=O)O. The van der Waals surface area contributed by atoms with Gasteiger partial charge in [0, 0.05) is 13.1 Å². The van der Waals surface area contributed by atoms with E-state index in [2.05, 4.69) is 4.74 Å². The van der Waals surface area contributed by atoms with Crippen LogP contribution in [0.4, 0.5) is 13.2 Å². The van der Waals surface area contributed by atoms with Gasteiger partial charge in [-0.1, -0.05) is 19.1 Å². The molecule has 5 nitrogen and oxygen atoms in total. The number of nitrogens with zero attached hydrogens (tertiary/aromatic N) is 1. The molecule has 8 heteroatoms. The molecule has 2 rings (SSSR count). The van der Waals surface area contributed by atoms with Gasteiger partial charge in [0.25, 0.3) is 5.91 Å². The van der Waals surface area contributed by atoms with Gasteiger partial charge in [-0.2, -0.15) is 0 Å². The lowest BCUT2D eigenvalue weighted by Crippen LogP contribution is -2.31. The fraction of sp³-hybridized carbons (Fsp3) is 0.429. The molecule has 22 heavy (non-hydrogen) atoms. The lowest BCUT2D eigenvalue weighted by molar-refractivity contribution is -0.274. The number of halogens is 3. The van der Waals surface area contributed by atoms with Gasteiger partial charge in [-0.15, -0.1) is 13.2 Å². The Kier molecular flexibility index (Phi) is 4.30. The molecule has 0 radical (unpaired) electrons. The monoisotopic (exact) mass is 317 g/mol. The first-order valence-electron chi connectivity index (χ1n) is 6.56. The van der Waals surface area contributed by atoms with Gasteiger partial charge in [-0.25, -0.2) is 0 Å². The van der Waals surface area contributed by atoms with Crippen molar-refractivity contribution in [2.45, 2.75) is 13.3 Å². The van der Waals surface area contributed by atoms with E-state index in [-0.39, 0.29) is 24.6 Å². The maximum absolute atomic E-state index is 12.4. The molecule has 0 unspecified atom stereocenters. The molecule has 1 fully saturated rings. The van der Waals surface area contributed by atoms with Crippen molar-refractivity contribution in [3.63, 3.8) is 0 Å². The van der Waals surface area contributed by atoms with Crippen LogP contribution in [0.1, 0.15) is 17.3 Å². The van der Waals surface area contributed by atoms with Crippen LogP contribution >= 0.6 is 0 Å². The van der Waals surface area contributed by atoms with Crippen molar-refractivity contribution in [2.75, 3.05) is 13.1 Å². The van der Waals surface area contributed by atoms with E-state index in [4.69, 9.17) is 5.11 Å². The summed E-state index contributed by atoms with van der Waals surface area (Å²) in [4.78, 5) is 24.7. The molecule has 2 atom stereocenters. The summed E-state index contributed by atoms with van der Waals surface area (Å²) in [6, 6.07) is 5.02. The van der Waals surface area contributed by atoms with Crippen molar-refractivity contribution >= 4 is 11.9 Å². The van der Waals surface area contributed by atoms with Crippen LogP contribution in [0.2, 0.25) is 0 Å². The average molecular weight is 317 g/mol. The Morgan fingerprint density at radius 3 is 2.45 bits per heavy atom. The van der Waals surface area contributed by atoms with Crippen molar-refractivity contribution in [1.29, 1.82) is 0 Å². The number of carboxylic acid groups (broad SMARTS) is 1. The first-order valence-corrected chi connectivity index (χ1v) is 6.56. The minimum Gasteiger partial charge on any atom is -0.481 e. The molecule has 1 amide bonds. The Bertz CT molecular complexity index is 588. The highest BCUT2D eigenvalue weighted by Crippen LogP contribution is 2.30. The van der Waals surface area contributed by atoms with Crippen molar-refractivity contribution < 1.29 is 32.6 Å². The number of hydrogen-bond acceptors (Lipinski definition) is 3. The summed E-state index contributed by atoms with van der Waals surface area (Å²) in [5, 5.41) is 9.05. The normalized spacial score (nSPS) is 21.7. The number of ether oxygens (including phenoxy) is 1. The van der Waals surface area contributed by atoms with Crippen molar-refractivity contribution in [1.82, 2.24) is 4.90 Å². The number of carbonyl (C=O) groups is 2. The lowest BCUT2D eigenvalue weighted by Gasteiger charge is -2.18. The molecule has 1 saturated heterocycles. The molecule has 0 aromatic heterocycles. The number of carbonyl (C=O) groups excluding carboxylic acids is 1. The summed E-state index contributed by atoms with van der Waals surface area (Å²) in [6.45, 7) is 1.83. The molecule has 0 bridgehead atoms. The second kappa shape index (κ2) is 5.86. The highest BCUT2D eigenvalue weighted by Gasteiger charge is 2.39. The minimum atomic E-state index is -4.90. The molecule has 1 heterocycles. The molecule has 1 aromatic carbocycles. The van der Waals surface area contributed by atoms with Crippen LogP contribution in [0.15, 0.2) is 24.3 Å². The van der Waals surface area contributed by atoms with E-state index in [9.17, 15) is 22.8 Å². The second-order valence-corrected chi connectivity index (χ2v) is 5.18. The zero-order chi connectivity index (χ0) is 16.5. The van der Waals surface area contributed by atoms with Gasteiger partial charge in [0.15, 0.2) is 0 Å². The zero-order valence-electron chi connectivity index (χ0n) is 11.6. The minimum absolute atomic E-state index is 0.0321. The summed E-state index contributed by atoms with van der Waals surface area (Å²) in [7, 11) is 0. The smallest absolute Gasteiger partial charge is 0.481 e. The van der Waals surface area contributed by atoms with E-state index < -0.39 is 29.9 Å². The molecule has 1 aromatic rings. The summed E-state index contributed by atoms with van der Waals surface area (Å²) in [5.41, 5.74) is -0.238. The fourth-order valence-electron chi connectivity index (χ4n) is 2.48. The van der Waals surface area contributed by atoms with Crippen molar-refractivity contribution in [2.24, 2.45) is 11.8 Å². The predicted molar refractivity (Wildman–Crippen MR) is 69.3 cm³/mol. The Morgan fingerprint density at radius 2 is 1.91 bits per heavy atom. The van der Waals surface area contributed by atoms with E-state index in [1.807, 2.05) is 0 Å². The first kappa shape index (κ1) is 16.1. The third kappa shape index (κ3) is 3.49. The molecule has 1 N–H and O–H groups in total. The number of carboxylic acids is 1. The van der Waals surface area contributed by atoms with Gasteiger partial charge in [0.05, 0.1) is 11.5 Å². The van der Waals surface area contributed by atoms with Crippen LogP contribution in [0.5, 0.6) is 5.75 Å². The fourth-order valence-corrected chi connectivity index (χ4v) is 2.48. The summed E-state index contributed by atoms with van der Waals surface area (Å²) >= 11 is 0. The van der Waals surface area contributed by atoms with E-state index in [0.717, 1.165) is 6.07 Å². The maximum atomic E-state index is 12.4. The average Bonchev–Trinajstić information content (AvgIpc) is 2.79. The van der Waals surface area contributed by atoms with E-state index in [1.165, 1.54) is 23.1 Å². The molecule has 0 aliphatic carbocycles. The van der Waals surface area contributed by atoms with Crippen molar-refractivity contribution in [3.8, 4) is 5.75 Å². The Balaban J connectivity index is 2.22. The predicted octanol–water partition coefficient (Wildman–Crippen LogP) is 2.38. The number of alkyl halides is 3. The van der Waals surface area contributed by atoms with Crippen LogP contribution in [0, 0.1) is 11.8 Å². The summed E-state index contributed by atoms with van der Waals surface area (Å²) in [6.07, 6.45) is -4.90. The van der Waals surface area contributed by atoms with Crippen LogP contribution in [-0.4, -0.2) is 41.3 Å². The highest BCUT2D eigenvalue weighted by atomic mass is 19.4. The number of rotatable bonds is 3. The standard InChI is InChI=1S/C14H14F3NO4/c1-8-6-18(7-10(8)13(20)21)12(19)9-4-2-3-5-11(9)22-14(15,16)17/h2-5,8,10H,6-7H2,1H3,(H,20,21)/t8-,10-/m1/s1. The lowest BCUT2D eigenvalue weighted by atomic mass is 9.99. The molecular formula is C14H14F3NO4. The van der Waals surface area contributed by atoms with Crippen molar-refractivity contribution in [3.05, 3.63) is 29.8 Å².